The molecule has 0 aliphatic carbocycles. The minimum absolute atomic E-state index is 0.00906. The molecule has 0 unspecified atom stereocenters. The summed E-state index contributed by atoms with van der Waals surface area (Å²) in [4.78, 5) is 12.8. The molecule has 2 aromatic rings. The Morgan fingerprint density at radius 3 is 2.35 bits per heavy atom. The molecule has 0 saturated carbocycles. The fourth-order valence-electron chi connectivity index (χ4n) is 3.83. The second-order valence-electron chi connectivity index (χ2n) is 8.05. The lowest BCUT2D eigenvalue weighted by Gasteiger charge is -2.31. The van der Waals surface area contributed by atoms with Crippen LogP contribution in [0.1, 0.15) is 48.9 Å². The monoisotopic (exact) mass is 482 g/mol. The molecule has 0 bridgehead atoms. The number of aryl methyl sites for hydroxylation is 1. The topological polar surface area (TPSA) is 66.5 Å². The number of halogens is 2. The van der Waals surface area contributed by atoms with Crippen molar-refractivity contribution in [1.29, 1.82) is 0 Å². The number of piperidine rings is 1. The van der Waals surface area contributed by atoms with Crippen molar-refractivity contribution in [3.63, 3.8) is 0 Å². The van der Waals surface area contributed by atoms with E-state index in [-0.39, 0.29) is 23.6 Å². The van der Waals surface area contributed by atoms with Crippen LogP contribution in [0.2, 0.25) is 10.0 Å². The van der Waals surface area contributed by atoms with E-state index in [9.17, 15) is 13.2 Å². The van der Waals surface area contributed by atoms with Crippen molar-refractivity contribution >= 4 is 39.1 Å². The standard InChI is InChI=1S/C23H28Cl2N2O3S/c1-3-22(17-6-4-16(2)5-7-17)26-23(28)18-10-12-27(13-11-18)31(29,30)15-19-8-9-20(24)14-21(19)25/h4-9,14,18,22H,3,10-13,15H2,1-2H3,(H,26,28)/t22-/m1/s1. The van der Waals surface area contributed by atoms with E-state index in [2.05, 4.69) is 5.32 Å². The van der Waals surface area contributed by atoms with Crippen LogP contribution in [0.25, 0.3) is 0 Å². The number of nitrogens with zero attached hydrogens (tertiary/aromatic N) is 1. The third-order valence-corrected chi connectivity index (χ3v) is 8.19. The molecular formula is C23H28Cl2N2O3S. The van der Waals surface area contributed by atoms with E-state index >= 15 is 0 Å². The number of carbonyl (C=O) groups excluding carboxylic acids is 1. The van der Waals surface area contributed by atoms with Gasteiger partial charge in [0.2, 0.25) is 15.9 Å². The Bertz CT molecular complexity index is 1020. The van der Waals surface area contributed by atoms with Crippen LogP contribution in [0.3, 0.4) is 0 Å². The quantitative estimate of drug-likeness (QED) is 0.595. The molecule has 31 heavy (non-hydrogen) atoms. The normalized spacial score (nSPS) is 16.8. The molecule has 2 aromatic carbocycles. The van der Waals surface area contributed by atoms with Crippen LogP contribution in [-0.4, -0.2) is 31.7 Å². The van der Waals surface area contributed by atoms with Gasteiger partial charge in [-0.2, -0.15) is 0 Å². The molecule has 0 radical (unpaired) electrons. The Balaban J connectivity index is 1.57. The summed E-state index contributed by atoms with van der Waals surface area (Å²) >= 11 is 12.0. The van der Waals surface area contributed by atoms with Gasteiger partial charge in [-0.25, -0.2) is 12.7 Å². The highest BCUT2D eigenvalue weighted by Crippen LogP contribution is 2.27. The summed E-state index contributed by atoms with van der Waals surface area (Å²) in [5, 5.41) is 3.95. The number of hydrogen-bond donors (Lipinski definition) is 1. The first kappa shape index (κ1) is 24.1. The van der Waals surface area contributed by atoms with Gasteiger partial charge < -0.3 is 5.32 Å². The number of hydrogen-bond acceptors (Lipinski definition) is 3. The van der Waals surface area contributed by atoms with Crippen LogP contribution in [0.5, 0.6) is 0 Å². The molecule has 168 valence electrons. The first-order valence-electron chi connectivity index (χ1n) is 10.5. The number of sulfonamides is 1. The Kier molecular flexibility index (Phi) is 8.03. The molecule has 1 atom stereocenters. The Morgan fingerprint density at radius 1 is 1.13 bits per heavy atom. The molecule has 1 heterocycles. The third-order valence-electron chi connectivity index (χ3n) is 5.78. The zero-order chi connectivity index (χ0) is 22.6. The van der Waals surface area contributed by atoms with Gasteiger partial charge in [-0.3, -0.25) is 4.79 Å². The van der Waals surface area contributed by atoms with Gasteiger partial charge in [0.15, 0.2) is 0 Å². The predicted molar refractivity (Wildman–Crippen MR) is 126 cm³/mol. The molecule has 0 aromatic heterocycles. The van der Waals surface area contributed by atoms with Crippen molar-refractivity contribution in [1.82, 2.24) is 9.62 Å². The first-order chi connectivity index (χ1) is 14.7. The summed E-state index contributed by atoms with van der Waals surface area (Å²) in [5.74, 6) is -0.374. The average Bonchev–Trinajstić information content (AvgIpc) is 2.74. The summed E-state index contributed by atoms with van der Waals surface area (Å²) in [6.07, 6.45) is 1.80. The van der Waals surface area contributed by atoms with Gasteiger partial charge in [0, 0.05) is 29.1 Å². The molecule has 1 saturated heterocycles. The van der Waals surface area contributed by atoms with Crippen molar-refractivity contribution in [2.45, 2.75) is 44.9 Å². The summed E-state index contributed by atoms with van der Waals surface area (Å²) in [5.41, 5.74) is 2.79. The van der Waals surface area contributed by atoms with Crippen LogP contribution in [-0.2, 0) is 20.6 Å². The van der Waals surface area contributed by atoms with Gasteiger partial charge in [0.25, 0.3) is 0 Å². The fourth-order valence-corrected chi connectivity index (χ4v) is 5.98. The van der Waals surface area contributed by atoms with E-state index in [1.54, 1.807) is 18.2 Å². The molecule has 0 spiro atoms. The number of rotatable bonds is 7. The maximum atomic E-state index is 12.8. The largest absolute Gasteiger partial charge is 0.349 e. The number of benzene rings is 2. The summed E-state index contributed by atoms with van der Waals surface area (Å²) in [7, 11) is -3.52. The summed E-state index contributed by atoms with van der Waals surface area (Å²) in [6.45, 7) is 4.73. The smallest absolute Gasteiger partial charge is 0.223 e. The average molecular weight is 483 g/mol. The van der Waals surface area contributed by atoms with Crippen LogP contribution in [0.15, 0.2) is 42.5 Å². The molecule has 1 amide bonds. The minimum Gasteiger partial charge on any atom is -0.349 e. The lowest BCUT2D eigenvalue weighted by Crippen LogP contribution is -2.44. The van der Waals surface area contributed by atoms with Gasteiger partial charge in [-0.05, 0) is 49.4 Å². The van der Waals surface area contributed by atoms with Crippen molar-refractivity contribution in [2.24, 2.45) is 5.92 Å². The maximum absolute atomic E-state index is 12.8. The van der Waals surface area contributed by atoms with Gasteiger partial charge in [-0.1, -0.05) is 66.0 Å². The van der Waals surface area contributed by atoms with Crippen LogP contribution in [0.4, 0.5) is 0 Å². The lowest BCUT2D eigenvalue weighted by molar-refractivity contribution is -0.126. The lowest BCUT2D eigenvalue weighted by atomic mass is 9.95. The van der Waals surface area contributed by atoms with Crippen molar-refractivity contribution < 1.29 is 13.2 Å². The van der Waals surface area contributed by atoms with E-state index in [1.165, 1.54) is 9.87 Å². The van der Waals surface area contributed by atoms with Crippen LogP contribution >= 0.6 is 23.2 Å². The van der Waals surface area contributed by atoms with Gasteiger partial charge in [-0.15, -0.1) is 0 Å². The molecule has 1 aliphatic rings. The minimum atomic E-state index is -3.52. The number of carbonyl (C=O) groups is 1. The molecule has 5 nitrogen and oxygen atoms in total. The van der Waals surface area contributed by atoms with Crippen molar-refractivity contribution in [2.75, 3.05) is 13.1 Å². The van der Waals surface area contributed by atoms with Crippen molar-refractivity contribution in [3.8, 4) is 0 Å². The highest BCUT2D eigenvalue weighted by Gasteiger charge is 2.32. The number of amides is 1. The van der Waals surface area contributed by atoms with Gasteiger partial charge >= 0.3 is 0 Å². The Labute approximate surface area is 194 Å². The molecule has 8 heteroatoms. The zero-order valence-electron chi connectivity index (χ0n) is 17.8. The molecule has 1 aliphatic heterocycles. The fraction of sp³-hybridized carbons (Fsp3) is 0.435. The van der Waals surface area contributed by atoms with E-state index < -0.39 is 10.0 Å². The highest BCUT2D eigenvalue weighted by atomic mass is 35.5. The maximum Gasteiger partial charge on any atom is 0.223 e. The van der Waals surface area contributed by atoms with E-state index in [4.69, 9.17) is 23.2 Å². The van der Waals surface area contributed by atoms with E-state index in [1.807, 2.05) is 38.1 Å². The van der Waals surface area contributed by atoms with Crippen LogP contribution < -0.4 is 5.32 Å². The zero-order valence-corrected chi connectivity index (χ0v) is 20.1. The first-order valence-corrected chi connectivity index (χ1v) is 12.8. The predicted octanol–water partition coefficient (Wildman–Crippen LogP) is 5.11. The summed E-state index contributed by atoms with van der Waals surface area (Å²) < 4.78 is 27.1. The Morgan fingerprint density at radius 2 is 1.77 bits per heavy atom. The molecule has 1 N–H and O–H groups in total. The number of nitrogens with one attached hydrogen (secondary N) is 1. The molecule has 1 fully saturated rings. The third kappa shape index (κ3) is 6.22. The van der Waals surface area contributed by atoms with Crippen molar-refractivity contribution in [3.05, 3.63) is 69.2 Å². The second kappa shape index (κ2) is 10.3. The molecule has 3 rings (SSSR count). The van der Waals surface area contributed by atoms with Gasteiger partial charge in [0.1, 0.15) is 0 Å². The van der Waals surface area contributed by atoms with E-state index in [0.29, 0.717) is 41.5 Å². The highest BCUT2D eigenvalue weighted by molar-refractivity contribution is 7.88. The summed E-state index contributed by atoms with van der Waals surface area (Å²) in [6, 6.07) is 12.9. The second-order valence-corrected chi connectivity index (χ2v) is 10.9. The molecular weight excluding hydrogens is 455 g/mol. The van der Waals surface area contributed by atoms with Gasteiger partial charge in [0.05, 0.1) is 11.8 Å². The Hall–Kier alpha value is -1.60. The SMILES string of the molecule is CC[C@@H](NC(=O)C1CCN(S(=O)(=O)Cc2ccc(Cl)cc2Cl)CC1)c1ccc(C)cc1. The van der Waals surface area contributed by atoms with E-state index in [0.717, 1.165) is 12.0 Å². The van der Waals surface area contributed by atoms with Crippen LogP contribution in [0, 0.1) is 12.8 Å².